The van der Waals surface area contributed by atoms with Crippen molar-refractivity contribution in [3.05, 3.63) is 156 Å². The van der Waals surface area contributed by atoms with Crippen molar-refractivity contribution >= 4 is 32.6 Å². The SMILES string of the molecule is CC1(C)c2ccccc2-c2c3c1cccc3cc1c2c2ccccc2n1-c1cc(C2C=CC=CC2)cc(-c2ccccc2)n1. The fourth-order valence-electron chi connectivity index (χ4n) is 7.78. The van der Waals surface area contributed by atoms with E-state index in [2.05, 4.69) is 158 Å². The summed E-state index contributed by atoms with van der Waals surface area (Å²) in [7, 11) is 0. The van der Waals surface area contributed by atoms with Crippen molar-refractivity contribution in [2.45, 2.75) is 31.6 Å². The molecule has 0 radical (unpaired) electrons. The third-order valence-corrected chi connectivity index (χ3v) is 9.88. The maximum atomic E-state index is 5.40. The van der Waals surface area contributed by atoms with Crippen LogP contribution in [0.3, 0.4) is 0 Å². The van der Waals surface area contributed by atoms with E-state index in [4.69, 9.17) is 4.98 Å². The highest BCUT2D eigenvalue weighted by Crippen LogP contribution is 2.52. The van der Waals surface area contributed by atoms with Crippen LogP contribution in [0.4, 0.5) is 0 Å². The first-order chi connectivity index (χ1) is 21.6. The number of aromatic nitrogens is 2. The number of nitrogens with zero attached hydrogens (tertiary/aromatic N) is 2. The summed E-state index contributed by atoms with van der Waals surface area (Å²) >= 11 is 0. The van der Waals surface area contributed by atoms with Crippen molar-refractivity contribution in [3.8, 4) is 28.2 Å². The van der Waals surface area contributed by atoms with Crippen molar-refractivity contribution in [2.24, 2.45) is 0 Å². The first-order valence-corrected chi connectivity index (χ1v) is 15.6. The molecule has 0 aliphatic heterocycles. The van der Waals surface area contributed by atoms with E-state index in [1.54, 1.807) is 0 Å². The zero-order valence-electron chi connectivity index (χ0n) is 25.0. The van der Waals surface area contributed by atoms with Gasteiger partial charge in [0.05, 0.1) is 16.7 Å². The molecule has 0 fully saturated rings. The third-order valence-electron chi connectivity index (χ3n) is 9.88. The number of fused-ring (bicyclic) bond motifs is 6. The molecule has 0 spiro atoms. The molecule has 2 aliphatic rings. The Balaban J connectivity index is 1.43. The summed E-state index contributed by atoms with van der Waals surface area (Å²) in [6, 6.07) is 42.3. The minimum Gasteiger partial charge on any atom is -0.294 e. The molecule has 7 aromatic rings. The zero-order chi connectivity index (χ0) is 29.4. The van der Waals surface area contributed by atoms with Crippen LogP contribution in [-0.2, 0) is 5.41 Å². The van der Waals surface area contributed by atoms with E-state index in [0.29, 0.717) is 5.92 Å². The number of rotatable bonds is 3. The van der Waals surface area contributed by atoms with Crippen molar-refractivity contribution in [2.75, 3.05) is 0 Å². The monoisotopic (exact) mass is 564 g/mol. The van der Waals surface area contributed by atoms with Gasteiger partial charge in [0.2, 0.25) is 0 Å². The van der Waals surface area contributed by atoms with Gasteiger partial charge in [0.15, 0.2) is 0 Å². The highest BCUT2D eigenvalue weighted by atomic mass is 15.1. The lowest BCUT2D eigenvalue weighted by molar-refractivity contribution is 0.645. The van der Waals surface area contributed by atoms with Crippen molar-refractivity contribution in [3.63, 3.8) is 0 Å². The topological polar surface area (TPSA) is 17.8 Å². The van der Waals surface area contributed by atoms with Gasteiger partial charge in [-0.2, -0.15) is 0 Å². The Hall–Kier alpha value is -5.21. The maximum Gasteiger partial charge on any atom is 0.138 e. The molecule has 0 amide bonds. The molecule has 5 aromatic carbocycles. The number of para-hydroxylation sites is 1. The summed E-state index contributed by atoms with van der Waals surface area (Å²) in [5, 5.41) is 5.21. The fourth-order valence-corrected chi connectivity index (χ4v) is 7.78. The van der Waals surface area contributed by atoms with Crippen molar-refractivity contribution in [1.82, 2.24) is 9.55 Å². The van der Waals surface area contributed by atoms with Gasteiger partial charge >= 0.3 is 0 Å². The van der Waals surface area contributed by atoms with Crippen LogP contribution in [0.15, 0.2) is 140 Å². The van der Waals surface area contributed by atoms with Gasteiger partial charge < -0.3 is 0 Å². The molecule has 2 aliphatic carbocycles. The van der Waals surface area contributed by atoms with E-state index in [-0.39, 0.29) is 5.41 Å². The Morgan fingerprint density at radius 3 is 2.36 bits per heavy atom. The van der Waals surface area contributed by atoms with E-state index in [0.717, 1.165) is 23.5 Å². The molecule has 0 bridgehead atoms. The van der Waals surface area contributed by atoms with Crippen LogP contribution in [-0.4, -0.2) is 9.55 Å². The molecule has 9 rings (SSSR count). The van der Waals surface area contributed by atoms with Crippen molar-refractivity contribution < 1.29 is 0 Å². The predicted molar refractivity (Wildman–Crippen MR) is 185 cm³/mol. The van der Waals surface area contributed by atoms with Gasteiger partial charge in [-0.05, 0) is 63.7 Å². The van der Waals surface area contributed by atoms with Crippen LogP contribution < -0.4 is 0 Å². The lowest BCUT2D eigenvalue weighted by Crippen LogP contribution is -2.23. The maximum absolute atomic E-state index is 5.40. The second-order valence-electron chi connectivity index (χ2n) is 12.7. The Morgan fingerprint density at radius 1 is 0.705 bits per heavy atom. The van der Waals surface area contributed by atoms with E-state index in [1.807, 2.05) is 0 Å². The first kappa shape index (κ1) is 25.3. The van der Waals surface area contributed by atoms with E-state index in [1.165, 1.54) is 60.4 Å². The van der Waals surface area contributed by atoms with Gasteiger partial charge in [-0.3, -0.25) is 4.57 Å². The average molecular weight is 565 g/mol. The Kier molecular flexibility index (Phi) is 5.40. The number of hydrogen-bond acceptors (Lipinski definition) is 1. The van der Waals surface area contributed by atoms with Gasteiger partial charge in [-0.15, -0.1) is 0 Å². The summed E-state index contributed by atoms with van der Waals surface area (Å²) in [5.41, 5.74) is 11.2. The number of allylic oxidation sites excluding steroid dienone is 4. The minimum atomic E-state index is -0.0857. The lowest BCUT2D eigenvalue weighted by Gasteiger charge is -2.35. The predicted octanol–water partition coefficient (Wildman–Crippen LogP) is 10.9. The molecule has 210 valence electrons. The molecule has 0 saturated carbocycles. The van der Waals surface area contributed by atoms with Crippen molar-refractivity contribution in [1.29, 1.82) is 0 Å². The molecule has 0 N–H and O–H groups in total. The second-order valence-corrected chi connectivity index (χ2v) is 12.7. The summed E-state index contributed by atoms with van der Waals surface area (Å²) in [5.74, 6) is 1.28. The number of pyridine rings is 1. The quantitative estimate of drug-likeness (QED) is 0.209. The molecular formula is C42H32N2. The summed E-state index contributed by atoms with van der Waals surface area (Å²) in [4.78, 5) is 5.40. The van der Waals surface area contributed by atoms with Crippen LogP contribution in [0.5, 0.6) is 0 Å². The standard InChI is InChI=1S/C42H32N2/c1-42(2)33-21-11-9-19-31(33)41-39-29(18-13-22-34(39)42)25-37-40(41)32-20-10-12-23-36(32)44(37)38-26-30(27-14-5-3-6-15-27)24-35(43-38)28-16-7-4-8-17-28/h3-14,16-27H,15H2,1-2H3. The smallest absolute Gasteiger partial charge is 0.138 e. The van der Waals surface area contributed by atoms with Gasteiger partial charge in [-0.25, -0.2) is 4.98 Å². The van der Waals surface area contributed by atoms with Gasteiger partial charge in [-0.1, -0.05) is 129 Å². The molecule has 0 saturated heterocycles. The molecule has 1 atom stereocenters. The molecule has 44 heavy (non-hydrogen) atoms. The molecule has 2 heterocycles. The first-order valence-electron chi connectivity index (χ1n) is 15.6. The highest BCUT2D eigenvalue weighted by molar-refractivity contribution is 6.24. The fraction of sp³-hybridized carbons (Fsp3) is 0.119. The largest absolute Gasteiger partial charge is 0.294 e. The third kappa shape index (κ3) is 3.58. The normalized spacial score (nSPS) is 16.5. The van der Waals surface area contributed by atoms with Crippen LogP contribution in [0, 0.1) is 0 Å². The Bertz CT molecular complexity index is 2330. The summed E-state index contributed by atoms with van der Waals surface area (Å²) < 4.78 is 2.41. The van der Waals surface area contributed by atoms with E-state index < -0.39 is 0 Å². The average Bonchev–Trinajstić information content (AvgIpc) is 3.41. The highest BCUT2D eigenvalue weighted by Gasteiger charge is 2.35. The molecule has 1 unspecified atom stereocenters. The number of hydrogen-bond donors (Lipinski definition) is 0. The molecule has 2 aromatic heterocycles. The van der Waals surface area contributed by atoms with Gasteiger partial charge in [0, 0.05) is 33.2 Å². The molecule has 2 nitrogen and oxygen atoms in total. The van der Waals surface area contributed by atoms with Crippen LogP contribution >= 0.6 is 0 Å². The van der Waals surface area contributed by atoms with Gasteiger partial charge in [0.25, 0.3) is 0 Å². The number of benzene rings is 5. The lowest BCUT2D eigenvalue weighted by atomic mass is 9.68. The van der Waals surface area contributed by atoms with E-state index in [9.17, 15) is 0 Å². The van der Waals surface area contributed by atoms with Crippen LogP contribution in [0.2, 0.25) is 0 Å². The molecular weight excluding hydrogens is 532 g/mol. The van der Waals surface area contributed by atoms with E-state index >= 15 is 0 Å². The Labute approximate surface area is 257 Å². The van der Waals surface area contributed by atoms with Gasteiger partial charge in [0.1, 0.15) is 5.82 Å². The second kappa shape index (κ2) is 9.39. The zero-order valence-corrected chi connectivity index (χ0v) is 25.0. The Morgan fingerprint density at radius 2 is 1.50 bits per heavy atom. The summed E-state index contributed by atoms with van der Waals surface area (Å²) in [6.07, 6.45) is 9.89. The molecule has 2 heteroatoms. The summed E-state index contributed by atoms with van der Waals surface area (Å²) in [6.45, 7) is 4.74. The minimum absolute atomic E-state index is 0.0857. The van der Waals surface area contributed by atoms with Crippen LogP contribution in [0.25, 0.3) is 60.8 Å². The van der Waals surface area contributed by atoms with Crippen LogP contribution in [0.1, 0.15) is 42.9 Å².